The lowest BCUT2D eigenvalue weighted by Gasteiger charge is -2.21. The second-order valence-electron chi connectivity index (χ2n) is 4.75. The van der Waals surface area contributed by atoms with Gasteiger partial charge in [0.05, 0.1) is 11.8 Å². The van der Waals surface area contributed by atoms with Crippen molar-refractivity contribution in [2.45, 2.75) is 12.5 Å². The van der Waals surface area contributed by atoms with Crippen molar-refractivity contribution in [2.75, 3.05) is 18.8 Å². The highest BCUT2D eigenvalue weighted by Gasteiger charge is 2.40. The molecule has 2 aliphatic heterocycles. The Bertz CT molecular complexity index is 547. The van der Waals surface area contributed by atoms with Crippen LogP contribution >= 0.6 is 11.8 Å². The van der Waals surface area contributed by atoms with Gasteiger partial charge < -0.3 is 4.90 Å². The maximum Gasteiger partial charge on any atom is 0.289 e. The van der Waals surface area contributed by atoms with Gasteiger partial charge in [0.25, 0.3) is 11.1 Å². The molecule has 6 nitrogen and oxygen atoms in total. The van der Waals surface area contributed by atoms with Gasteiger partial charge in [-0.1, -0.05) is 11.8 Å². The average molecular weight is 291 g/mol. The molecular weight excluding hydrogens is 278 g/mol. The van der Waals surface area contributed by atoms with Crippen LogP contribution in [-0.4, -0.2) is 56.7 Å². The summed E-state index contributed by atoms with van der Waals surface area (Å²) in [5.74, 6) is -0.0157. The minimum absolute atomic E-state index is 0.0818. The van der Waals surface area contributed by atoms with Crippen molar-refractivity contribution in [3.63, 3.8) is 0 Å². The molecule has 20 heavy (non-hydrogen) atoms. The zero-order valence-corrected chi connectivity index (χ0v) is 11.5. The summed E-state index contributed by atoms with van der Waals surface area (Å²) in [6, 6.07) is 3.14. The van der Waals surface area contributed by atoms with Gasteiger partial charge in [-0.25, -0.2) is 0 Å². The van der Waals surface area contributed by atoms with Gasteiger partial charge in [0.15, 0.2) is 0 Å². The smallest absolute Gasteiger partial charge is 0.289 e. The van der Waals surface area contributed by atoms with Crippen LogP contribution in [0.2, 0.25) is 0 Å². The number of imide groups is 1. The number of carbonyl (C=O) groups excluding carboxylic acids is 3. The minimum Gasteiger partial charge on any atom is -0.336 e. The van der Waals surface area contributed by atoms with E-state index in [-0.39, 0.29) is 28.8 Å². The molecule has 2 aliphatic rings. The number of amides is 3. The van der Waals surface area contributed by atoms with Crippen molar-refractivity contribution in [3.8, 4) is 0 Å². The van der Waals surface area contributed by atoms with Crippen LogP contribution < -0.4 is 0 Å². The molecule has 1 atom stereocenters. The number of carbonyl (C=O) groups is 3. The van der Waals surface area contributed by atoms with Crippen LogP contribution in [0.25, 0.3) is 0 Å². The Morgan fingerprint density at radius 2 is 2.05 bits per heavy atom. The second-order valence-corrected chi connectivity index (χ2v) is 5.67. The van der Waals surface area contributed by atoms with E-state index in [1.807, 2.05) is 0 Å². The second kappa shape index (κ2) is 5.24. The zero-order valence-electron chi connectivity index (χ0n) is 10.7. The molecule has 3 heterocycles. The van der Waals surface area contributed by atoms with Crippen LogP contribution in [0.1, 0.15) is 16.8 Å². The van der Waals surface area contributed by atoms with Crippen molar-refractivity contribution < 1.29 is 14.4 Å². The van der Waals surface area contributed by atoms with Crippen LogP contribution in [0.3, 0.4) is 0 Å². The fourth-order valence-electron chi connectivity index (χ4n) is 2.53. The summed E-state index contributed by atoms with van der Waals surface area (Å²) in [4.78, 5) is 42.5. The van der Waals surface area contributed by atoms with Crippen molar-refractivity contribution >= 4 is 28.8 Å². The standard InChI is InChI=1S/C13H13N3O3S/c17-11-8-20-13(19)16(11)10-3-6-15(7-10)12(18)9-1-4-14-5-2-9/h1-2,4-5,10H,3,6-8H2/t10-/m1/s1. The number of aromatic nitrogens is 1. The van der Waals surface area contributed by atoms with Crippen molar-refractivity contribution in [1.29, 1.82) is 0 Å². The van der Waals surface area contributed by atoms with Gasteiger partial charge >= 0.3 is 0 Å². The summed E-state index contributed by atoms with van der Waals surface area (Å²) < 4.78 is 0. The topological polar surface area (TPSA) is 70.6 Å². The Labute approximate surface area is 120 Å². The van der Waals surface area contributed by atoms with Crippen LogP contribution in [0, 0.1) is 0 Å². The first-order valence-corrected chi connectivity index (χ1v) is 7.33. The molecule has 1 aromatic rings. The molecule has 0 unspecified atom stereocenters. The lowest BCUT2D eigenvalue weighted by atomic mass is 10.2. The summed E-state index contributed by atoms with van der Waals surface area (Å²) in [5, 5.41) is -0.196. The Balaban J connectivity index is 1.69. The zero-order chi connectivity index (χ0) is 14.1. The van der Waals surface area contributed by atoms with E-state index < -0.39 is 0 Å². The van der Waals surface area contributed by atoms with E-state index in [4.69, 9.17) is 0 Å². The fraction of sp³-hybridized carbons (Fsp3) is 0.385. The van der Waals surface area contributed by atoms with E-state index in [1.165, 1.54) is 4.90 Å². The third kappa shape index (κ3) is 2.29. The molecule has 2 fully saturated rings. The van der Waals surface area contributed by atoms with E-state index in [9.17, 15) is 14.4 Å². The van der Waals surface area contributed by atoms with Gasteiger partial charge in [-0.3, -0.25) is 24.3 Å². The summed E-state index contributed by atoms with van der Waals surface area (Å²) in [6.07, 6.45) is 3.80. The summed E-state index contributed by atoms with van der Waals surface area (Å²) in [5.41, 5.74) is 0.578. The number of hydrogen-bond donors (Lipinski definition) is 0. The van der Waals surface area contributed by atoms with Crippen molar-refractivity contribution in [1.82, 2.24) is 14.8 Å². The highest BCUT2D eigenvalue weighted by atomic mass is 32.2. The average Bonchev–Trinajstić information content (AvgIpc) is 3.06. The molecule has 0 aliphatic carbocycles. The number of thioether (sulfide) groups is 1. The highest BCUT2D eigenvalue weighted by molar-refractivity contribution is 8.14. The van der Waals surface area contributed by atoms with Crippen LogP contribution in [0.15, 0.2) is 24.5 Å². The normalized spacial score (nSPS) is 22.7. The van der Waals surface area contributed by atoms with Gasteiger partial charge in [-0.15, -0.1) is 0 Å². The molecule has 1 aromatic heterocycles. The maximum atomic E-state index is 12.3. The van der Waals surface area contributed by atoms with Gasteiger partial charge in [0, 0.05) is 31.0 Å². The number of nitrogens with zero attached hydrogens (tertiary/aromatic N) is 3. The Kier molecular flexibility index (Phi) is 3.43. The Hall–Kier alpha value is -1.89. The molecule has 3 rings (SSSR count). The number of pyridine rings is 1. The molecule has 0 radical (unpaired) electrons. The molecule has 2 saturated heterocycles. The third-order valence-electron chi connectivity index (χ3n) is 3.53. The molecule has 0 saturated carbocycles. The van der Waals surface area contributed by atoms with Gasteiger partial charge in [0.2, 0.25) is 5.91 Å². The Morgan fingerprint density at radius 3 is 2.70 bits per heavy atom. The molecule has 0 spiro atoms. The van der Waals surface area contributed by atoms with E-state index in [1.54, 1.807) is 29.4 Å². The minimum atomic E-state index is -0.196. The summed E-state index contributed by atoms with van der Waals surface area (Å²) in [7, 11) is 0. The van der Waals surface area contributed by atoms with Crippen LogP contribution in [0.4, 0.5) is 4.79 Å². The van der Waals surface area contributed by atoms with Gasteiger partial charge in [0.1, 0.15) is 0 Å². The number of rotatable bonds is 2. The molecule has 0 N–H and O–H groups in total. The lowest BCUT2D eigenvalue weighted by Crippen LogP contribution is -2.41. The molecule has 3 amide bonds. The van der Waals surface area contributed by atoms with Crippen molar-refractivity contribution in [3.05, 3.63) is 30.1 Å². The van der Waals surface area contributed by atoms with E-state index in [0.717, 1.165) is 11.8 Å². The quantitative estimate of drug-likeness (QED) is 0.812. The number of hydrogen-bond acceptors (Lipinski definition) is 5. The summed E-state index contributed by atoms with van der Waals surface area (Å²) in [6.45, 7) is 0.979. The monoisotopic (exact) mass is 291 g/mol. The SMILES string of the molecule is O=C(c1ccncc1)N1CC[C@@H](N2C(=O)CSC2=O)C1. The van der Waals surface area contributed by atoms with Crippen LogP contribution in [-0.2, 0) is 4.79 Å². The van der Waals surface area contributed by atoms with E-state index in [2.05, 4.69) is 4.98 Å². The molecule has 0 aromatic carbocycles. The molecule has 7 heteroatoms. The molecule has 104 valence electrons. The maximum absolute atomic E-state index is 12.3. The lowest BCUT2D eigenvalue weighted by molar-refractivity contribution is -0.126. The fourth-order valence-corrected chi connectivity index (χ4v) is 3.31. The Morgan fingerprint density at radius 1 is 1.30 bits per heavy atom. The third-order valence-corrected chi connectivity index (χ3v) is 4.36. The molecular formula is C13H13N3O3S. The van der Waals surface area contributed by atoms with E-state index in [0.29, 0.717) is 25.1 Å². The van der Waals surface area contributed by atoms with E-state index >= 15 is 0 Å². The largest absolute Gasteiger partial charge is 0.336 e. The summed E-state index contributed by atoms with van der Waals surface area (Å²) >= 11 is 1.03. The predicted octanol–water partition coefficient (Wildman–Crippen LogP) is 0.991. The van der Waals surface area contributed by atoms with Crippen molar-refractivity contribution in [2.24, 2.45) is 0 Å². The first kappa shape index (κ1) is 13.1. The van der Waals surface area contributed by atoms with Crippen LogP contribution in [0.5, 0.6) is 0 Å². The highest BCUT2D eigenvalue weighted by Crippen LogP contribution is 2.26. The molecule has 0 bridgehead atoms. The predicted molar refractivity (Wildman–Crippen MR) is 73.2 cm³/mol. The van der Waals surface area contributed by atoms with Gasteiger partial charge in [-0.05, 0) is 18.6 Å². The first-order valence-electron chi connectivity index (χ1n) is 6.35. The first-order chi connectivity index (χ1) is 9.66. The van der Waals surface area contributed by atoms with Gasteiger partial charge in [-0.2, -0.15) is 0 Å². The number of likely N-dealkylation sites (tertiary alicyclic amines) is 1.